The van der Waals surface area contributed by atoms with Crippen LogP contribution in [0.2, 0.25) is 0 Å². The van der Waals surface area contributed by atoms with E-state index in [0.29, 0.717) is 0 Å². The normalized spacial score (nSPS) is 11.4. The van der Waals surface area contributed by atoms with Gasteiger partial charge in [0.05, 0.1) is 12.1 Å². The van der Waals surface area contributed by atoms with E-state index in [1.807, 2.05) is 0 Å². The maximum atomic E-state index is 12.7. The maximum absolute atomic E-state index is 12.7. The lowest BCUT2D eigenvalue weighted by atomic mass is 10.1. The number of hydrogen-bond acceptors (Lipinski definition) is 2. The Morgan fingerprint density at radius 3 is 2.44 bits per heavy atom. The number of amides is 1. The first-order valence-corrected chi connectivity index (χ1v) is 5.38. The van der Waals surface area contributed by atoms with Crippen LogP contribution in [-0.2, 0) is 17.5 Å². The van der Waals surface area contributed by atoms with Crippen molar-refractivity contribution in [2.45, 2.75) is 12.7 Å². The van der Waals surface area contributed by atoms with Gasteiger partial charge >= 0.3 is 6.18 Å². The molecule has 0 aliphatic rings. The van der Waals surface area contributed by atoms with Crippen LogP contribution in [0.3, 0.4) is 0 Å². The summed E-state index contributed by atoms with van der Waals surface area (Å²) in [5, 5.41) is 2.70. The monoisotopic (exact) mass is 260 g/mol. The molecule has 0 fully saturated rings. The van der Waals surface area contributed by atoms with Crippen molar-refractivity contribution < 1.29 is 18.0 Å². The number of alkyl halides is 3. The van der Waals surface area contributed by atoms with Crippen LogP contribution in [0.5, 0.6) is 0 Å². The second-order valence-corrected chi connectivity index (χ2v) is 4.05. The molecule has 1 rings (SSSR count). The second kappa shape index (κ2) is 5.86. The van der Waals surface area contributed by atoms with E-state index in [1.54, 1.807) is 20.2 Å². The molecule has 0 bridgehead atoms. The van der Waals surface area contributed by atoms with Gasteiger partial charge in [0.2, 0.25) is 5.91 Å². The van der Waals surface area contributed by atoms with Crippen LogP contribution in [0.1, 0.15) is 11.1 Å². The number of benzene rings is 1. The first-order chi connectivity index (χ1) is 8.32. The summed E-state index contributed by atoms with van der Waals surface area (Å²) in [6.07, 6.45) is -4.37. The number of halogens is 3. The van der Waals surface area contributed by atoms with Crippen LogP contribution in [0.25, 0.3) is 0 Å². The summed E-state index contributed by atoms with van der Waals surface area (Å²) in [6, 6.07) is 5.32. The fraction of sp³-hybridized carbons (Fsp3) is 0.417. The largest absolute Gasteiger partial charge is 0.416 e. The van der Waals surface area contributed by atoms with Gasteiger partial charge in [0, 0.05) is 20.6 Å². The molecule has 1 N–H and O–H groups in total. The number of carbonyl (C=O) groups is 1. The van der Waals surface area contributed by atoms with Crippen molar-refractivity contribution in [3.8, 4) is 0 Å². The fourth-order valence-corrected chi connectivity index (χ4v) is 1.41. The lowest BCUT2D eigenvalue weighted by Gasteiger charge is -2.14. The van der Waals surface area contributed by atoms with Gasteiger partial charge in [-0.3, -0.25) is 4.79 Å². The van der Waals surface area contributed by atoms with Crippen molar-refractivity contribution in [3.05, 3.63) is 35.4 Å². The van der Waals surface area contributed by atoms with E-state index in [4.69, 9.17) is 0 Å². The minimum atomic E-state index is -4.37. The Hall–Kier alpha value is -1.56. The smallest absolute Gasteiger partial charge is 0.348 e. The van der Waals surface area contributed by atoms with Gasteiger partial charge < -0.3 is 10.2 Å². The van der Waals surface area contributed by atoms with E-state index in [2.05, 4.69) is 5.32 Å². The van der Waals surface area contributed by atoms with Crippen molar-refractivity contribution in [2.24, 2.45) is 0 Å². The van der Waals surface area contributed by atoms with Gasteiger partial charge in [-0.15, -0.1) is 0 Å². The highest BCUT2D eigenvalue weighted by Crippen LogP contribution is 2.31. The summed E-state index contributed by atoms with van der Waals surface area (Å²) in [4.78, 5) is 12.6. The van der Waals surface area contributed by atoms with Gasteiger partial charge in [-0.05, 0) is 11.6 Å². The average molecular weight is 260 g/mol. The molecule has 100 valence electrons. The first-order valence-electron chi connectivity index (χ1n) is 5.38. The van der Waals surface area contributed by atoms with Gasteiger partial charge in [0.25, 0.3) is 0 Å². The fourth-order valence-electron chi connectivity index (χ4n) is 1.41. The van der Waals surface area contributed by atoms with E-state index >= 15 is 0 Å². The molecule has 1 amide bonds. The highest BCUT2D eigenvalue weighted by molar-refractivity contribution is 5.77. The standard InChI is InChI=1S/C12H15F3N2O/c1-17(2)11(18)8-16-7-9-5-3-4-6-10(9)12(13,14)15/h3-6,16H,7-8H2,1-2H3. The molecule has 18 heavy (non-hydrogen) atoms. The Morgan fingerprint density at radius 2 is 1.89 bits per heavy atom. The minimum absolute atomic E-state index is 0.00919. The Balaban J connectivity index is 2.66. The topological polar surface area (TPSA) is 32.3 Å². The molecule has 0 radical (unpaired) electrons. The zero-order valence-corrected chi connectivity index (χ0v) is 10.2. The molecule has 1 aromatic rings. The highest BCUT2D eigenvalue weighted by atomic mass is 19.4. The van der Waals surface area contributed by atoms with E-state index in [1.165, 1.54) is 17.0 Å². The summed E-state index contributed by atoms with van der Waals surface area (Å²) < 4.78 is 38.0. The molecule has 6 heteroatoms. The second-order valence-electron chi connectivity index (χ2n) is 4.05. The molecule has 0 atom stereocenters. The molecule has 0 heterocycles. The summed E-state index contributed by atoms with van der Waals surface area (Å²) in [6.45, 7) is 0.0223. The molecular weight excluding hydrogens is 245 g/mol. The molecular formula is C12H15F3N2O. The molecule has 0 aliphatic heterocycles. The highest BCUT2D eigenvalue weighted by Gasteiger charge is 2.32. The van der Waals surface area contributed by atoms with Crippen molar-refractivity contribution in [3.63, 3.8) is 0 Å². The molecule has 0 spiro atoms. The minimum Gasteiger partial charge on any atom is -0.348 e. The van der Waals surface area contributed by atoms with Crippen molar-refractivity contribution in [1.29, 1.82) is 0 Å². The maximum Gasteiger partial charge on any atom is 0.416 e. The molecule has 0 unspecified atom stereocenters. The Kier molecular flexibility index (Phi) is 4.72. The van der Waals surface area contributed by atoms with E-state index in [0.717, 1.165) is 6.07 Å². The molecule has 0 saturated heterocycles. The number of hydrogen-bond donors (Lipinski definition) is 1. The molecule has 0 aliphatic carbocycles. The van der Waals surface area contributed by atoms with Crippen LogP contribution in [0, 0.1) is 0 Å². The van der Waals surface area contributed by atoms with Crippen molar-refractivity contribution in [2.75, 3.05) is 20.6 Å². The predicted octanol–water partition coefficient (Wildman–Crippen LogP) is 1.88. The molecule has 0 saturated carbocycles. The Bertz CT molecular complexity index is 416. The number of nitrogens with zero attached hydrogens (tertiary/aromatic N) is 1. The Morgan fingerprint density at radius 1 is 1.28 bits per heavy atom. The van der Waals surface area contributed by atoms with E-state index in [9.17, 15) is 18.0 Å². The Labute approximate surface area is 104 Å². The van der Waals surface area contributed by atoms with Crippen molar-refractivity contribution >= 4 is 5.91 Å². The predicted molar refractivity (Wildman–Crippen MR) is 61.8 cm³/mol. The molecule has 1 aromatic carbocycles. The third kappa shape index (κ3) is 4.03. The number of carbonyl (C=O) groups excluding carboxylic acids is 1. The van der Waals surface area contributed by atoms with Crippen molar-refractivity contribution in [1.82, 2.24) is 10.2 Å². The van der Waals surface area contributed by atoms with Crippen LogP contribution in [0.15, 0.2) is 24.3 Å². The number of nitrogens with one attached hydrogen (secondary N) is 1. The van der Waals surface area contributed by atoms with Crippen LogP contribution in [0.4, 0.5) is 13.2 Å². The third-order valence-electron chi connectivity index (χ3n) is 2.41. The number of likely N-dealkylation sites (N-methyl/N-ethyl adjacent to an activating group) is 1. The van der Waals surface area contributed by atoms with Gasteiger partial charge in [-0.25, -0.2) is 0 Å². The van der Waals surface area contributed by atoms with E-state index in [-0.39, 0.29) is 24.6 Å². The van der Waals surface area contributed by atoms with Crippen LogP contribution < -0.4 is 5.32 Å². The van der Waals surface area contributed by atoms with E-state index < -0.39 is 11.7 Å². The lowest BCUT2D eigenvalue weighted by molar-refractivity contribution is -0.138. The van der Waals surface area contributed by atoms with Gasteiger partial charge in [0.1, 0.15) is 0 Å². The van der Waals surface area contributed by atoms with Crippen LogP contribution in [-0.4, -0.2) is 31.4 Å². The SMILES string of the molecule is CN(C)C(=O)CNCc1ccccc1C(F)(F)F. The lowest BCUT2D eigenvalue weighted by Crippen LogP contribution is -2.33. The summed E-state index contributed by atoms with van der Waals surface area (Å²) in [5.74, 6) is -0.181. The summed E-state index contributed by atoms with van der Waals surface area (Å²) in [5.41, 5.74) is -0.536. The van der Waals surface area contributed by atoms with Crippen LogP contribution >= 0.6 is 0 Å². The van der Waals surface area contributed by atoms with Gasteiger partial charge in [0.15, 0.2) is 0 Å². The summed E-state index contributed by atoms with van der Waals surface area (Å²) in [7, 11) is 3.18. The quantitative estimate of drug-likeness (QED) is 0.896. The zero-order valence-electron chi connectivity index (χ0n) is 10.2. The number of rotatable bonds is 4. The summed E-state index contributed by atoms with van der Waals surface area (Å²) >= 11 is 0. The molecule has 0 aromatic heterocycles. The average Bonchev–Trinajstić information content (AvgIpc) is 2.28. The van der Waals surface area contributed by atoms with Gasteiger partial charge in [-0.2, -0.15) is 13.2 Å². The zero-order chi connectivity index (χ0) is 13.8. The van der Waals surface area contributed by atoms with Gasteiger partial charge in [-0.1, -0.05) is 18.2 Å². The molecule has 3 nitrogen and oxygen atoms in total. The third-order valence-corrected chi connectivity index (χ3v) is 2.41. The first kappa shape index (κ1) is 14.5.